The zero-order chi connectivity index (χ0) is 42.8. The Kier molecular flexibility index (Phi) is 12.2. The van der Waals surface area contributed by atoms with Crippen LogP contribution in [-0.2, 0) is 31.8 Å². The van der Waals surface area contributed by atoms with Gasteiger partial charge in [0.2, 0.25) is 11.8 Å². The molecule has 1 aromatic heterocycles. The van der Waals surface area contributed by atoms with E-state index in [-0.39, 0.29) is 46.6 Å². The summed E-state index contributed by atoms with van der Waals surface area (Å²) in [6.45, 7) is 12.3. The summed E-state index contributed by atoms with van der Waals surface area (Å²) >= 11 is 5.67. The molecule has 3 fully saturated rings. The highest BCUT2D eigenvalue weighted by atomic mass is 32.1. The molecule has 0 bridgehead atoms. The average Bonchev–Trinajstić information content (AvgIpc) is 3.36. The second-order valence-electron chi connectivity index (χ2n) is 14.6. The Hall–Kier alpha value is -6.13. The molecule has 3 aliphatic heterocycles. The van der Waals surface area contributed by atoms with Gasteiger partial charge in [0, 0.05) is 56.2 Å². The topological polar surface area (TPSA) is 163 Å². The number of carbonyl (C=O) groups excluding carboxylic acids is 4. The first kappa shape index (κ1) is 42.5. The lowest BCUT2D eigenvalue weighted by Gasteiger charge is -2.36. The number of thiocarbonyl (C=S) groups is 1. The Morgan fingerprint density at radius 3 is 2.46 bits per heavy atom. The van der Waals surface area contributed by atoms with E-state index in [9.17, 15) is 36.7 Å². The van der Waals surface area contributed by atoms with Gasteiger partial charge in [-0.05, 0) is 86.9 Å². The number of amides is 4. The molecular formula is C40H41F4N9O5S. The standard InChI is InChI=1S/C40H41F4N9O5S/c1-5-24-16-28(53-38(59)52(37(57)39(53,3)4)29-20-30(40(42,43)44)32(21-45)46-22-29)6-8-33(24)58-15-14-50-10-12-51(13-11-50)23(2)35(55)48-27-18-25(41)17-26(19-27)47-31-7-9-34(54)49-36(31)56/h6,8,16-20,22,31,47H,2,5,7,9-15H2,1,3-4H3,(H,48,55)(H,49,54,56)/t31-/m1/s1. The first-order valence-corrected chi connectivity index (χ1v) is 19.1. The van der Waals surface area contributed by atoms with Crippen molar-refractivity contribution >= 4 is 63.7 Å². The second-order valence-corrected chi connectivity index (χ2v) is 15.0. The number of anilines is 4. The van der Waals surface area contributed by atoms with Gasteiger partial charge in [-0.25, -0.2) is 9.37 Å². The van der Waals surface area contributed by atoms with E-state index in [1.54, 1.807) is 30.9 Å². The molecule has 0 saturated carbocycles. The van der Waals surface area contributed by atoms with Crippen LogP contribution in [0.25, 0.3) is 0 Å². The van der Waals surface area contributed by atoms with Gasteiger partial charge in [-0.1, -0.05) is 13.5 Å². The van der Waals surface area contributed by atoms with E-state index >= 15 is 0 Å². The van der Waals surface area contributed by atoms with Gasteiger partial charge >= 0.3 is 6.18 Å². The number of piperidine rings is 1. The van der Waals surface area contributed by atoms with Gasteiger partial charge in [0.15, 0.2) is 10.8 Å². The van der Waals surface area contributed by atoms with Crippen molar-refractivity contribution in [3.8, 4) is 11.8 Å². The predicted octanol–water partition coefficient (Wildman–Crippen LogP) is 4.96. The molecule has 6 rings (SSSR count). The smallest absolute Gasteiger partial charge is 0.419 e. The number of nitriles is 1. The Bertz CT molecular complexity index is 2250. The zero-order valence-electron chi connectivity index (χ0n) is 32.4. The predicted molar refractivity (Wildman–Crippen MR) is 214 cm³/mol. The zero-order valence-corrected chi connectivity index (χ0v) is 33.2. The van der Waals surface area contributed by atoms with Gasteiger partial charge in [-0.15, -0.1) is 0 Å². The molecule has 1 atom stereocenters. The van der Waals surface area contributed by atoms with Crippen LogP contribution in [0.2, 0.25) is 0 Å². The number of nitrogens with zero attached hydrogens (tertiary/aromatic N) is 6. The van der Waals surface area contributed by atoms with Crippen molar-refractivity contribution in [3.05, 3.63) is 83.6 Å². The van der Waals surface area contributed by atoms with E-state index in [1.165, 1.54) is 18.2 Å². The molecule has 3 aliphatic rings. The lowest BCUT2D eigenvalue weighted by atomic mass is 10.0. The number of ether oxygens (including phenoxy) is 1. The molecular weight excluding hydrogens is 795 g/mol. The monoisotopic (exact) mass is 835 g/mol. The first-order valence-electron chi connectivity index (χ1n) is 18.7. The summed E-state index contributed by atoms with van der Waals surface area (Å²) in [5, 5.41) is 16.9. The molecule has 0 aliphatic carbocycles. The molecule has 19 heteroatoms. The Morgan fingerprint density at radius 2 is 1.80 bits per heavy atom. The van der Waals surface area contributed by atoms with Crippen LogP contribution in [0.1, 0.15) is 50.4 Å². The Balaban J connectivity index is 1.02. The van der Waals surface area contributed by atoms with Gasteiger partial charge < -0.3 is 25.2 Å². The van der Waals surface area contributed by atoms with Gasteiger partial charge in [0.05, 0.1) is 23.1 Å². The van der Waals surface area contributed by atoms with Crippen LogP contribution in [0, 0.1) is 17.1 Å². The van der Waals surface area contributed by atoms with E-state index in [4.69, 9.17) is 22.2 Å². The van der Waals surface area contributed by atoms with E-state index in [0.29, 0.717) is 63.3 Å². The summed E-state index contributed by atoms with van der Waals surface area (Å²) in [5.41, 5.74) is -1.54. The van der Waals surface area contributed by atoms with Crippen molar-refractivity contribution in [1.82, 2.24) is 20.1 Å². The second kappa shape index (κ2) is 17.0. The number of halogens is 4. The first-order chi connectivity index (χ1) is 27.9. The maximum absolute atomic E-state index is 14.5. The molecule has 3 aromatic rings. The lowest BCUT2D eigenvalue weighted by molar-refractivity contribution is -0.138. The summed E-state index contributed by atoms with van der Waals surface area (Å²) < 4.78 is 61.8. The van der Waals surface area contributed by atoms with Crippen LogP contribution in [0.3, 0.4) is 0 Å². The molecule has 3 saturated heterocycles. The molecule has 2 aromatic carbocycles. The van der Waals surface area contributed by atoms with Crippen LogP contribution in [0.4, 0.5) is 40.3 Å². The highest BCUT2D eigenvalue weighted by Crippen LogP contribution is 2.40. The fourth-order valence-corrected chi connectivity index (χ4v) is 7.63. The number of pyridine rings is 1. The summed E-state index contributed by atoms with van der Waals surface area (Å²) in [7, 11) is 0. The van der Waals surface area contributed by atoms with E-state index < -0.39 is 52.6 Å². The van der Waals surface area contributed by atoms with Crippen molar-refractivity contribution in [2.75, 3.05) is 59.8 Å². The maximum atomic E-state index is 14.5. The average molecular weight is 836 g/mol. The molecule has 0 spiro atoms. The number of alkyl halides is 3. The minimum atomic E-state index is -4.87. The number of rotatable bonds is 12. The highest BCUT2D eigenvalue weighted by molar-refractivity contribution is 7.81. The van der Waals surface area contributed by atoms with Crippen molar-refractivity contribution < 1.29 is 41.5 Å². The fourth-order valence-electron chi connectivity index (χ4n) is 7.11. The Labute approximate surface area is 342 Å². The van der Waals surface area contributed by atoms with Gasteiger partial charge in [-0.2, -0.15) is 18.4 Å². The molecule has 0 radical (unpaired) electrons. The third-order valence-electron chi connectivity index (χ3n) is 10.3. The fraction of sp³-hybridized carbons (Fsp3) is 0.375. The number of hydrogen-bond acceptors (Lipinski definition) is 11. The number of imide groups is 1. The third kappa shape index (κ3) is 9.13. The SMILES string of the molecule is C=C(C(=O)Nc1cc(F)cc(N[C@@H]2CCC(=O)NC2=O)c1)N1CCN(CCOc2ccc(N3C(=S)N(c4cnc(C#N)c(C(F)(F)F)c4)C(=O)C3(C)C)cc2CC)CC1. The minimum absolute atomic E-state index is 0.0444. The summed E-state index contributed by atoms with van der Waals surface area (Å²) in [4.78, 5) is 60.6. The largest absolute Gasteiger partial charge is 0.492 e. The maximum Gasteiger partial charge on any atom is 0.419 e. The van der Waals surface area contributed by atoms with E-state index in [1.807, 2.05) is 17.9 Å². The summed E-state index contributed by atoms with van der Waals surface area (Å²) in [5.74, 6) is -1.96. The van der Waals surface area contributed by atoms with Crippen molar-refractivity contribution in [3.63, 3.8) is 0 Å². The van der Waals surface area contributed by atoms with Crippen LogP contribution in [0.5, 0.6) is 5.75 Å². The number of piperazine rings is 1. The van der Waals surface area contributed by atoms with Crippen LogP contribution in [0.15, 0.2) is 60.9 Å². The molecule has 4 heterocycles. The quantitative estimate of drug-likeness (QED) is 0.0976. The van der Waals surface area contributed by atoms with Gasteiger partial charge in [0.1, 0.15) is 35.8 Å². The van der Waals surface area contributed by atoms with Crippen LogP contribution in [-0.4, -0.2) is 94.4 Å². The van der Waals surface area contributed by atoms with Crippen LogP contribution < -0.4 is 30.5 Å². The van der Waals surface area contributed by atoms with Gasteiger partial charge in [-0.3, -0.25) is 34.3 Å². The number of carbonyl (C=O) groups is 4. The minimum Gasteiger partial charge on any atom is -0.492 e. The van der Waals surface area contributed by atoms with E-state index in [0.717, 1.165) is 22.7 Å². The third-order valence-corrected chi connectivity index (χ3v) is 10.7. The molecule has 3 N–H and O–H groups in total. The molecule has 310 valence electrons. The van der Waals surface area contributed by atoms with E-state index in [2.05, 4.69) is 32.4 Å². The van der Waals surface area contributed by atoms with Crippen molar-refractivity contribution in [2.45, 2.75) is 57.8 Å². The van der Waals surface area contributed by atoms with Crippen molar-refractivity contribution in [1.29, 1.82) is 5.26 Å². The number of aromatic nitrogens is 1. The number of benzene rings is 2. The van der Waals surface area contributed by atoms with Gasteiger partial charge in [0.25, 0.3) is 11.8 Å². The normalized spacial score (nSPS) is 18.4. The Morgan fingerprint density at radius 1 is 1.08 bits per heavy atom. The van der Waals surface area contributed by atoms with Crippen molar-refractivity contribution in [2.24, 2.45) is 0 Å². The number of nitrogens with one attached hydrogen (secondary N) is 3. The summed E-state index contributed by atoms with van der Waals surface area (Å²) in [6.07, 6.45) is -2.87. The van der Waals surface area contributed by atoms with Crippen LogP contribution >= 0.6 is 12.2 Å². The molecule has 0 unspecified atom stereocenters. The molecule has 4 amide bonds. The highest BCUT2D eigenvalue weighted by Gasteiger charge is 2.51. The lowest BCUT2D eigenvalue weighted by Crippen LogP contribution is -2.48. The molecule has 14 nitrogen and oxygen atoms in total. The number of hydrogen-bond donors (Lipinski definition) is 3. The summed E-state index contributed by atoms with van der Waals surface area (Å²) in [6, 6.07) is 10.6. The molecule has 59 heavy (non-hydrogen) atoms. The number of aryl methyl sites for hydroxylation is 1.